The third kappa shape index (κ3) is 3.21. The highest BCUT2D eigenvalue weighted by Crippen LogP contribution is 2.32. The lowest BCUT2D eigenvalue weighted by molar-refractivity contribution is 0.440. The molecule has 0 fully saturated rings. The molecule has 5 heteroatoms. The van der Waals surface area contributed by atoms with E-state index in [2.05, 4.69) is 30.1 Å². The Morgan fingerprint density at radius 1 is 1.26 bits per heavy atom. The molecule has 1 N–H and O–H groups in total. The summed E-state index contributed by atoms with van der Waals surface area (Å²) in [5.74, 6) is 0.263. The largest absolute Gasteiger partial charge is 0.358 e. The van der Waals surface area contributed by atoms with Crippen LogP contribution < -0.4 is 0 Å². The molecule has 0 aliphatic carbocycles. The van der Waals surface area contributed by atoms with Gasteiger partial charge in [-0.15, -0.1) is 0 Å². The molecule has 0 unspecified atom stereocenters. The molecule has 1 aromatic heterocycles. The van der Waals surface area contributed by atoms with Crippen LogP contribution in [-0.4, -0.2) is 36.5 Å². The summed E-state index contributed by atoms with van der Waals surface area (Å²) in [7, 11) is -3.11. The highest BCUT2D eigenvalue weighted by molar-refractivity contribution is 7.89. The van der Waals surface area contributed by atoms with E-state index in [1.165, 1.54) is 16.5 Å². The number of aromatic nitrogens is 1. The number of nitrogens with zero attached hydrogens (tertiary/aromatic N) is 1. The summed E-state index contributed by atoms with van der Waals surface area (Å²) in [6, 6.07) is 8.28. The van der Waals surface area contributed by atoms with Crippen molar-refractivity contribution in [1.29, 1.82) is 0 Å². The zero-order chi connectivity index (χ0) is 16.4. The number of rotatable bonds is 5. The Kier molecular flexibility index (Phi) is 4.60. The number of H-pyrrole nitrogens is 1. The Bertz CT molecular complexity index is 834. The van der Waals surface area contributed by atoms with Crippen molar-refractivity contribution in [2.45, 2.75) is 33.1 Å². The number of unbranched alkanes of at least 4 members (excludes halogenated alkanes) is 1. The Morgan fingerprint density at radius 2 is 2.04 bits per heavy atom. The molecular weight excluding hydrogens is 308 g/mol. The summed E-state index contributed by atoms with van der Waals surface area (Å²) < 4.78 is 26.2. The molecule has 0 atom stereocenters. The highest BCUT2D eigenvalue weighted by Gasteiger charge is 2.25. The van der Waals surface area contributed by atoms with Crippen LogP contribution in [0.3, 0.4) is 0 Å². The molecule has 3 rings (SSSR count). The fourth-order valence-corrected chi connectivity index (χ4v) is 4.86. The Balaban J connectivity index is 1.85. The van der Waals surface area contributed by atoms with Gasteiger partial charge in [0.2, 0.25) is 10.0 Å². The second kappa shape index (κ2) is 6.49. The summed E-state index contributed by atoms with van der Waals surface area (Å²) in [6.45, 7) is 5.17. The van der Waals surface area contributed by atoms with Crippen molar-refractivity contribution in [3.63, 3.8) is 0 Å². The van der Waals surface area contributed by atoms with E-state index in [9.17, 15) is 8.42 Å². The van der Waals surface area contributed by atoms with Crippen molar-refractivity contribution >= 4 is 26.5 Å². The van der Waals surface area contributed by atoms with Crippen molar-refractivity contribution in [3.05, 3.63) is 41.6 Å². The van der Waals surface area contributed by atoms with E-state index in [1.54, 1.807) is 4.31 Å². The number of nitrogens with one attached hydrogen (secondary N) is 1. The molecule has 2 heterocycles. The van der Waals surface area contributed by atoms with Gasteiger partial charge in [0, 0.05) is 35.2 Å². The Labute approximate surface area is 138 Å². The standard InChI is InChI=1S/C18H24N2O2S/c1-3-4-13-23(21,22)20-11-9-15(10-12-20)18-14(2)19-17-8-6-5-7-16(17)18/h5-9,19H,3-4,10-13H2,1-2H3. The molecule has 0 saturated heterocycles. The van der Waals surface area contributed by atoms with Crippen LogP contribution in [0.25, 0.3) is 16.5 Å². The number of aromatic amines is 1. The van der Waals surface area contributed by atoms with Gasteiger partial charge in [-0.3, -0.25) is 0 Å². The number of hydrogen-bond donors (Lipinski definition) is 1. The zero-order valence-corrected chi connectivity index (χ0v) is 14.6. The smallest absolute Gasteiger partial charge is 0.214 e. The Morgan fingerprint density at radius 3 is 2.74 bits per heavy atom. The highest BCUT2D eigenvalue weighted by atomic mass is 32.2. The van der Waals surface area contributed by atoms with Gasteiger partial charge < -0.3 is 4.98 Å². The van der Waals surface area contributed by atoms with Crippen LogP contribution in [0.15, 0.2) is 30.3 Å². The molecule has 1 aromatic carbocycles. The third-order valence-corrected chi connectivity index (χ3v) is 6.46. The lowest BCUT2D eigenvalue weighted by Gasteiger charge is -2.26. The van der Waals surface area contributed by atoms with E-state index < -0.39 is 10.0 Å². The summed E-state index contributed by atoms with van der Waals surface area (Å²) >= 11 is 0. The molecule has 0 spiro atoms. The molecule has 1 aliphatic heterocycles. The quantitative estimate of drug-likeness (QED) is 0.908. The van der Waals surface area contributed by atoms with Crippen LogP contribution in [0.5, 0.6) is 0 Å². The van der Waals surface area contributed by atoms with Crippen LogP contribution in [-0.2, 0) is 10.0 Å². The number of sulfonamides is 1. The minimum Gasteiger partial charge on any atom is -0.358 e. The van der Waals surface area contributed by atoms with E-state index in [0.29, 0.717) is 13.1 Å². The number of para-hydroxylation sites is 1. The minimum atomic E-state index is -3.11. The second-order valence-corrected chi connectivity index (χ2v) is 8.27. The monoisotopic (exact) mass is 332 g/mol. The summed E-state index contributed by atoms with van der Waals surface area (Å²) in [6.07, 6.45) is 4.49. The third-order valence-electron chi connectivity index (χ3n) is 4.54. The minimum absolute atomic E-state index is 0.263. The van der Waals surface area contributed by atoms with Gasteiger partial charge >= 0.3 is 0 Å². The average Bonchev–Trinajstić information content (AvgIpc) is 2.89. The van der Waals surface area contributed by atoms with Gasteiger partial charge in [0.05, 0.1) is 5.75 Å². The zero-order valence-electron chi connectivity index (χ0n) is 13.8. The number of benzene rings is 1. The molecule has 1 aliphatic rings. The predicted molar refractivity (Wildman–Crippen MR) is 95.9 cm³/mol. The maximum Gasteiger partial charge on any atom is 0.214 e. The lowest BCUT2D eigenvalue weighted by atomic mass is 9.97. The van der Waals surface area contributed by atoms with Gasteiger partial charge in [-0.1, -0.05) is 37.6 Å². The predicted octanol–water partition coefficient (Wildman–Crippen LogP) is 3.70. The molecule has 0 saturated carbocycles. The second-order valence-electron chi connectivity index (χ2n) is 6.18. The van der Waals surface area contributed by atoms with Crippen molar-refractivity contribution in [3.8, 4) is 0 Å². The van der Waals surface area contributed by atoms with Crippen molar-refractivity contribution in [1.82, 2.24) is 9.29 Å². The first-order valence-electron chi connectivity index (χ1n) is 8.27. The topological polar surface area (TPSA) is 53.2 Å². The van der Waals surface area contributed by atoms with Gasteiger partial charge in [-0.05, 0) is 31.4 Å². The fraction of sp³-hybridized carbons (Fsp3) is 0.444. The molecule has 23 heavy (non-hydrogen) atoms. The first-order valence-corrected chi connectivity index (χ1v) is 9.88. The van der Waals surface area contributed by atoms with Crippen molar-refractivity contribution in [2.75, 3.05) is 18.8 Å². The SMILES string of the molecule is CCCCS(=O)(=O)N1CC=C(c2c(C)[nH]c3ccccc23)CC1. The van der Waals surface area contributed by atoms with Gasteiger partial charge in [0.15, 0.2) is 0 Å². The van der Waals surface area contributed by atoms with Crippen LogP contribution >= 0.6 is 0 Å². The molecule has 0 radical (unpaired) electrons. The molecule has 2 aromatic rings. The number of aryl methyl sites for hydroxylation is 1. The summed E-state index contributed by atoms with van der Waals surface area (Å²) in [5.41, 5.74) is 4.78. The van der Waals surface area contributed by atoms with Gasteiger partial charge in [-0.25, -0.2) is 8.42 Å². The van der Waals surface area contributed by atoms with Crippen LogP contribution in [0.2, 0.25) is 0 Å². The van der Waals surface area contributed by atoms with Crippen LogP contribution in [0.4, 0.5) is 0 Å². The van der Waals surface area contributed by atoms with E-state index in [0.717, 1.165) is 30.5 Å². The molecule has 0 bridgehead atoms. The fourth-order valence-electron chi connectivity index (χ4n) is 3.28. The maximum atomic E-state index is 12.3. The van der Waals surface area contributed by atoms with Gasteiger partial charge in [0.1, 0.15) is 0 Å². The van der Waals surface area contributed by atoms with E-state index in [1.807, 2.05) is 19.1 Å². The molecular formula is C18H24N2O2S. The van der Waals surface area contributed by atoms with Crippen LogP contribution in [0, 0.1) is 6.92 Å². The molecule has 124 valence electrons. The first kappa shape index (κ1) is 16.3. The summed E-state index contributed by atoms with van der Waals surface area (Å²) in [4.78, 5) is 3.42. The van der Waals surface area contributed by atoms with Gasteiger partial charge in [0.25, 0.3) is 0 Å². The van der Waals surface area contributed by atoms with Crippen molar-refractivity contribution in [2.24, 2.45) is 0 Å². The maximum absolute atomic E-state index is 12.3. The van der Waals surface area contributed by atoms with Crippen molar-refractivity contribution < 1.29 is 8.42 Å². The first-order chi connectivity index (χ1) is 11.0. The molecule has 0 amide bonds. The Hall–Kier alpha value is -1.59. The van der Waals surface area contributed by atoms with E-state index in [-0.39, 0.29) is 5.75 Å². The van der Waals surface area contributed by atoms with E-state index in [4.69, 9.17) is 0 Å². The number of hydrogen-bond acceptors (Lipinski definition) is 2. The molecule has 4 nitrogen and oxygen atoms in total. The average molecular weight is 332 g/mol. The van der Waals surface area contributed by atoms with E-state index >= 15 is 0 Å². The summed E-state index contributed by atoms with van der Waals surface area (Å²) in [5, 5.41) is 1.22. The van der Waals surface area contributed by atoms with Crippen LogP contribution in [0.1, 0.15) is 37.4 Å². The van der Waals surface area contributed by atoms with Gasteiger partial charge in [-0.2, -0.15) is 4.31 Å². The lowest BCUT2D eigenvalue weighted by Crippen LogP contribution is -2.36. The number of fused-ring (bicyclic) bond motifs is 1. The normalized spacial score (nSPS) is 16.7.